The smallest absolute Gasteiger partial charge is 0.306 e. The highest BCUT2D eigenvalue weighted by Gasteiger charge is 2.19. The molecule has 0 amide bonds. The van der Waals surface area contributed by atoms with Crippen LogP contribution in [0.3, 0.4) is 0 Å². The molecular formula is C30H27N3O12. The van der Waals surface area contributed by atoms with Crippen molar-refractivity contribution in [3.63, 3.8) is 0 Å². The number of phenols is 3. The van der Waals surface area contributed by atoms with Crippen LogP contribution < -0.4 is 14.2 Å². The van der Waals surface area contributed by atoms with Gasteiger partial charge in [-0.15, -0.1) is 0 Å². The van der Waals surface area contributed by atoms with E-state index < -0.39 is 17.9 Å². The van der Waals surface area contributed by atoms with E-state index in [4.69, 9.17) is 29.5 Å². The molecule has 0 radical (unpaired) electrons. The first-order chi connectivity index (χ1) is 21.5. The van der Waals surface area contributed by atoms with Gasteiger partial charge >= 0.3 is 17.9 Å². The first-order valence-electron chi connectivity index (χ1n) is 13.3. The number of hydrogen-bond donors (Lipinski definition) is 6. The van der Waals surface area contributed by atoms with Gasteiger partial charge in [0.15, 0.2) is 17.5 Å². The van der Waals surface area contributed by atoms with Crippen LogP contribution in [0.5, 0.6) is 34.5 Å². The fourth-order valence-electron chi connectivity index (χ4n) is 3.88. The second kappa shape index (κ2) is 14.4. The van der Waals surface area contributed by atoms with Crippen LogP contribution in [-0.4, -0.2) is 83.3 Å². The van der Waals surface area contributed by atoms with Gasteiger partial charge in [-0.25, -0.2) is 15.0 Å². The van der Waals surface area contributed by atoms with Gasteiger partial charge in [0.2, 0.25) is 0 Å². The lowest BCUT2D eigenvalue weighted by Gasteiger charge is -2.13. The van der Waals surface area contributed by atoms with Crippen molar-refractivity contribution in [2.24, 2.45) is 0 Å². The number of nitrogens with zero attached hydrogens (tertiary/aromatic N) is 3. The molecule has 4 aromatic rings. The van der Waals surface area contributed by atoms with Gasteiger partial charge in [-0.05, 0) is 36.4 Å². The minimum absolute atomic E-state index is 0.0630. The lowest BCUT2D eigenvalue weighted by atomic mass is 10.1. The number of phenolic OH excluding ortho intramolecular Hbond substituents is 3. The molecule has 0 atom stereocenters. The molecule has 4 rings (SSSR count). The predicted molar refractivity (Wildman–Crippen MR) is 154 cm³/mol. The van der Waals surface area contributed by atoms with E-state index >= 15 is 0 Å². The Bertz CT molecular complexity index is 1520. The molecule has 15 nitrogen and oxygen atoms in total. The monoisotopic (exact) mass is 621 g/mol. The molecule has 1 heterocycles. The topological polar surface area (TPSA) is 239 Å². The summed E-state index contributed by atoms with van der Waals surface area (Å²) in [5, 5.41) is 58.8. The van der Waals surface area contributed by atoms with Gasteiger partial charge in [0.25, 0.3) is 0 Å². The molecule has 0 aliphatic rings. The number of carbonyl (C=O) groups is 3. The van der Waals surface area contributed by atoms with Crippen molar-refractivity contribution in [1.82, 2.24) is 15.0 Å². The van der Waals surface area contributed by atoms with E-state index in [2.05, 4.69) is 15.0 Å². The number of rotatable bonds is 15. The Kier molecular flexibility index (Phi) is 10.2. The summed E-state index contributed by atoms with van der Waals surface area (Å²) in [6.07, 6.45) is -0.743. The molecule has 3 aromatic carbocycles. The molecule has 0 unspecified atom stereocenters. The van der Waals surface area contributed by atoms with E-state index in [0.29, 0.717) is 0 Å². The number of carboxylic acids is 3. The summed E-state index contributed by atoms with van der Waals surface area (Å²) in [5.74, 6) is -3.70. The van der Waals surface area contributed by atoms with E-state index in [-0.39, 0.29) is 108 Å². The number of hydrogen-bond acceptors (Lipinski definition) is 12. The van der Waals surface area contributed by atoms with Crippen molar-refractivity contribution >= 4 is 17.9 Å². The van der Waals surface area contributed by atoms with Gasteiger partial charge in [-0.2, -0.15) is 0 Å². The average Bonchev–Trinajstić information content (AvgIpc) is 2.96. The minimum Gasteiger partial charge on any atom is -0.507 e. The molecule has 0 aliphatic heterocycles. The molecular weight excluding hydrogens is 594 g/mol. The van der Waals surface area contributed by atoms with E-state index in [1.165, 1.54) is 54.6 Å². The van der Waals surface area contributed by atoms with Crippen LogP contribution in [0.1, 0.15) is 19.3 Å². The van der Waals surface area contributed by atoms with Gasteiger partial charge in [0.1, 0.15) is 34.5 Å². The summed E-state index contributed by atoms with van der Waals surface area (Å²) in [6.45, 7) is -0.379. The zero-order valence-electron chi connectivity index (χ0n) is 23.4. The molecule has 45 heavy (non-hydrogen) atoms. The maximum atomic E-state index is 10.8. The Morgan fingerprint density at radius 1 is 0.489 bits per heavy atom. The second-order valence-corrected chi connectivity index (χ2v) is 9.32. The van der Waals surface area contributed by atoms with E-state index in [0.717, 1.165) is 0 Å². The van der Waals surface area contributed by atoms with Crippen molar-refractivity contribution in [3.05, 3.63) is 54.6 Å². The van der Waals surface area contributed by atoms with E-state index in [1.54, 1.807) is 0 Å². The number of aromatic hydroxyl groups is 3. The zero-order valence-corrected chi connectivity index (χ0v) is 23.4. The van der Waals surface area contributed by atoms with E-state index in [9.17, 15) is 29.7 Å². The number of aromatic nitrogens is 3. The lowest BCUT2D eigenvalue weighted by molar-refractivity contribution is -0.138. The summed E-state index contributed by atoms with van der Waals surface area (Å²) < 4.78 is 16.1. The molecule has 234 valence electrons. The van der Waals surface area contributed by atoms with Crippen molar-refractivity contribution in [3.8, 4) is 68.7 Å². The van der Waals surface area contributed by atoms with Crippen molar-refractivity contribution < 1.29 is 59.2 Å². The molecule has 1 aromatic heterocycles. The van der Waals surface area contributed by atoms with Crippen LogP contribution in [-0.2, 0) is 14.4 Å². The average molecular weight is 622 g/mol. The summed E-state index contributed by atoms with van der Waals surface area (Å²) in [4.78, 5) is 45.6. The van der Waals surface area contributed by atoms with Crippen molar-refractivity contribution in [1.29, 1.82) is 0 Å². The Morgan fingerprint density at radius 3 is 0.978 bits per heavy atom. The van der Waals surface area contributed by atoms with Crippen LogP contribution in [0.4, 0.5) is 0 Å². The quantitative estimate of drug-likeness (QED) is 0.111. The van der Waals surface area contributed by atoms with Gasteiger partial charge in [0, 0.05) is 18.2 Å². The molecule has 15 heteroatoms. The van der Waals surface area contributed by atoms with Gasteiger partial charge in [-0.3, -0.25) is 14.4 Å². The Morgan fingerprint density at radius 2 is 0.756 bits per heavy atom. The first kappa shape index (κ1) is 31.8. The highest BCUT2D eigenvalue weighted by Crippen LogP contribution is 2.37. The van der Waals surface area contributed by atoms with Crippen LogP contribution in [0.2, 0.25) is 0 Å². The third kappa shape index (κ3) is 8.70. The van der Waals surface area contributed by atoms with Crippen LogP contribution in [0.15, 0.2) is 54.6 Å². The normalized spacial score (nSPS) is 10.7. The highest BCUT2D eigenvalue weighted by atomic mass is 16.5. The number of ether oxygens (including phenoxy) is 3. The zero-order chi connectivity index (χ0) is 32.5. The molecule has 0 spiro atoms. The third-order valence-corrected chi connectivity index (χ3v) is 6.02. The summed E-state index contributed by atoms with van der Waals surface area (Å²) in [5.41, 5.74) is 0.352. The minimum atomic E-state index is -1.05. The molecule has 0 bridgehead atoms. The molecule has 0 saturated heterocycles. The summed E-state index contributed by atoms with van der Waals surface area (Å²) in [6, 6.07) is 12.5. The fraction of sp³-hybridized carbons (Fsp3) is 0.200. The highest BCUT2D eigenvalue weighted by molar-refractivity contribution is 5.75. The number of aliphatic carboxylic acids is 3. The molecule has 0 fully saturated rings. The second-order valence-electron chi connectivity index (χ2n) is 9.32. The number of benzene rings is 3. The van der Waals surface area contributed by atoms with Crippen LogP contribution in [0.25, 0.3) is 34.2 Å². The molecule has 0 saturated carbocycles. The van der Waals surface area contributed by atoms with Gasteiger partial charge in [-0.1, -0.05) is 0 Å². The summed E-state index contributed by atoms with van der Waals surface area (Å²) in [7, 11) is 0. The van der Waals surface area contributed by atoms with Crippen LogP contribution >= 0.6 is 0 Å². The van der Waals surface area contributed by atoms with Crippen molar-refractivity contribution in [2.45, 2.75) is 19.3 Å². The fourth-order valence-corrected chi connectivity index (χ4v) is 3.88. The summed E-state index contributed by atoms with van der Waals surface area (Å²) >= 11 is 0. The SMILES string of the molecule is O=C(O)CCOc1ccc(-c2nc(-c3ccc(OCCC(=O)O)cc3O)nc(-c3ccc(OCCC(=O)O)cc3O)n2)c(O)c1. The van der Waals surface area contributed by atoms with Crippen molar-refractivity contribution in [2.75, 3.05) is 19.8 Å². The third-order valence-electron chi connectivity index (χ3n) is 6.02. The molecule has 6 N–H and O–H groups in total. The largest absolute Gasteiger partial charge is 0.507 e. The predicted octanol–water partition coefficient (Wildman–Crippen LogP) is 3.55. The van der Waals surface area contributed by atoms with Gasteiger partial charge < -0.3 is 44.8 Å². The Balaban J connectivity index is 1.73. The lowest BCUT2D eigenvalue weighted by Crippen LogP contribution is -2.05. The maximum Gasteiger partial charge on any atom is 0.306 e. The Labute approximate surface area is 254 Å². The molecule has 0 aliphatic carbocycles. The standard InChI is InChI=1S/C30H27N3O12/c34-22-13-16(43-10-7-25(37)38)1-4-19(22)28-31-29(20-5-2-17(14-23(20)35)44-11-8-26(39)40)33-30(32-28)21-6-3-18(15-24(21)36)45-12-9-27(41)42/h1-6,13-15,34-36H,7-12H2,(H,37,38)(H,39,40)(H,41,42). The van der Waals surface area contributed by atoms with Crippen LogP contribution in [0, 0.1) is 0 Å². The number of carboxylic acid groups (broad SMARTS) is 3. The maximum absolute atomic E-state index is 10.8. The van der Waals surface area contributed by atoms with E-state index in [1.807, 2.05) is 0 Å². The Hall–Kier alpha value is -6.12. The first-order valence-corrected chi connectivity index (χ1v) is 13.3. The van der Waals surface area contributed by atoms with Gasteiger partial charge in [0.05, 0.1) is 55.8 Å².